The van der Waals surface area contributed by atoms with Crippen LogP contribution in [0.3, 0.4) is 0 Å². The molecule has 10 nitrogen and oxygen atoms in total. The quantitative estimate of drug-likeness (QED) is 0.146. The van der Waals surface area contributed by atoms with Gasteiger partial charge in [0, 0.05) is 18.3 Å². The van der Waals surface area contributed by atoms with Gasteiger partial charge in [0.1, 0.15) is 0 Å². The molecule has 0 aliphatic heterocycles. The summed E-state index contributed by atoms with van der Waals surface area (Å²) >= 11 is 5.03. The van der Waals surface area contributed by atoms with Crippen LogP contribution in [0.25, 0.3) is 0 Å². The molecule has 1 atom stereocenters. The molecule has 0 rings (SSSR count). The summed E-state index contributed by atoms with van der Waals surface area (Å²) in [5, 5.41) is 10.7. The first kappa shape index (κ1) is 24.9. The molecule has 0 fully saturated rings. The Balaban J connectivity index is 0. The van der Waals surface area contributed by atoms with E-state index in [0.717, 1.165) is 0 Å². The SMILES string of the molecule is Cl.NC(=S)NCCCC(N)C(=O)SC(=O)OCCCCO[N+](=O)[O-]. The maximum Gasteiger partial charge on any atom is 0.375 e. The highest BCUT2D eigenvalue weighted by Crippen LogP contribution is 2.12. The highest BCUT2D eigenvalue weighted by atomic mass is 35.5. The molecule has 0 aromatic rings. The van der Waals surface area contributed by atoms with Gasteiger partial charge in [0.05, 0.1) is 19.3 Å². The number of nitrogens with zero attached hydrogens (tertiary/aromatic N) is 1. The second-order valence-electron chi connectivity index (χ2n) is 4.32. The summed E-state index contributed by atoms with van der Waals surface area (Å²) in [4.78, 5) is 37.0. The van der Waals surface area contributed by atoms with E-state index in [2.05, 4.69) is 22.4 Å². The molecule has 0 heterocycles. The van der Waals surface area contributed by atoms with Crippen LogP contribution in [0.1, 0.15) is 25.7 Å². The predicted octanol–water partition coefficient (Wildman–Crippen LogP) is 0.734. The molecule has 1 unspecified atom stereocenters. The molecule has 0 amide bonds. The Morgan fingerprint density at radius 3 is 2.50 bits per heavy atom. The molecule has 0 aromatic carbocycles. The maximum absolute atomic E-state index is 11.7. The molecule has 0 saturated heterocycles. The molecule has 0 aromatic heterocycles. The van der Waals surface area contributed by atoms with E-state index in [-0.39, 0.29) is 30.7 Å². The fraction of sp³-hybridized carbons (Fsp3) is 0.727. The van der Waals surface area contributed by atoms with Crippen molar-refractivity contribution in [3.05, 3.63) is 10.1 Å². The Hall–Kier alpha value is -1.37. The van der Waals surface area contributed by atoms with E-state index in [0.29, 0.717) is 44.0 Å². The number of thioether (sulfide) groups is 1. The van der Waals surface area contributed by atoms with Crippen LogP contribution in [0.15, 0.2) is 0 Å². The average Bonchev–Trinajstić information content (AvgIpc) is 2.46. The van der Waals surface area contributed by atoms with Crippen molar-refractivity contribution in [2.24, 2.45) is 11.5 Å². The second kappa shape index (κ2) is 15.2. The highest BCUT2D eigenvalue weighted by molar-refractivity contribution is 8.25. The molecule has 0 radical (unpaired) electrons. The third kappa shape index (κ3) is 15.5. The summed E-state index contributed by atoms with van der Waals surface area (Å²) in [6.45, 7) is 0.479. The number of rotatable bonds is 11. The van der Waals surface area contributed by atoms with Crippen molar-refractivity contribution in [1.82, 2.24) is 5.32 Å². The summed E-state index contributed by atoms with van der Waals surface area (Å²) in [6.07, 6.45) is 1.72. The van der Waals surface area contributed by atoms with E-state index in [4.69, 9.17) is 16.2 Å². The molecule has 140 valence electrons. The Bertz CT molecular complexity index is 429. The van der Waals surface area contributed by atoms with Crippen LogP contribution in [-0.4, -0.2) is 46.4 Å². The topological polar surface area (TPSA) is 160 Å². The van der Waals surface area contributed by atoms with E-state index in [1.807, 2.05) is 0 Å². The van der Waals surface area contributed by atoms with Crippen LogP contribution in [0, 0.1) is 10.1 Å². The first-order valence-corrected chi connectivity index (χ1v) is 8.00. The number of hydrogen-bond donors (Lipinski definition) is 3. The maximum atomic E-state index is 11.7. The van der Waals surface area contributed by atoms with Gasteiger partial charge < -0.3 is 26.4 Å². The lowest BCUT2D eigenvalue weighted by Crippen LogP contribution is -2.33. The normalized spacial score (nSPS) is 10.9. The monoisotopic (exact) mass is 404 g/mol. The van der Waals surface area contributed by atoms with E-state index in [1.54, 1.807) is 0 Å². The van der Waals surface area contributed by atoms with Crippen molar-refractivity contribution in [3.8, 4) is 0 Å². The van der Waals surface area contributed by atoms with Crippen LogP contribution in [-0.2, 0) is 14.4 Å². The van der Waals surface area contributed by atoms with Gasteiger partial charge in [-0.25, -0.2) is 4.79 Å². The lowest BCUT2D eigenvalue weighted by molar-refractivity contribution is -0.757. The third-order valence-electron chi connectivity index (χ3n) is 2.43. The van der Waals surface area contributed by atoms with Gasteiger partial charge in [-0.15, -0.1) is 22.5 Å². The molecule has 0 aliphatic rings. The Morgan fingerprint density at radius 1 is 1.29 bits per heavy atom. The zero-order valence-corrected chi connectivity index (χ0v) is 15.3. The van der Waals surface area contributed by atoms with Crippen LogP contribution in [0.5, 0.6) is 0 Å². The smallest absolute Gasteiger partial charge is 0.375 e. The molecular formula is C11H21ClN4O6S2. The van der Waals surface area contributed by atoms with Gasteiger partial charge in [-0.05, 0) is 37.9 Å². The Labute approximate surface area is 154 Å². The number of carbonyl (C=O) groups is 2. The third-order valence-corrected chi connectivity index (χ3v) is 3.37. The molecule has 0 spiro atoms. The Kier molecular flexibility index (Phi) is 15.7. The molecule has 0 bridgehead atoms. The van der Waals surface area contributed by atoms with Gasteiger partial charge in [-0.3, -0.25) is 4.79 Å². The van der Waals surface area contributed by atoms with Gasteiger partial charge in [0.25, 0.3) is 5.09 Å². The number of unbranched alkanes of at least 4 members (excludes halogenated alkanes) is 1. The number of thiocarbonyl (C=S) groups is 1. The molecule has 13 heteroatoms. The first-order chi connectivity index (χ1) is 10.8. The van der Waals surface area contributed by atoms with Crippen LogP contribution < -0.4 is 16.8 Å². The minimum atomic E-state index is -0.890. The van der Waals surface area contributed by atoms with Crippen molar-refractivity contribution in [3.63, 3.8) is 0 Å². The zero-order valence-electron chi connectivity index (χ0n) is 12.8. The van der Waals surface area contributed by atoms with E-state index >= 15 is 0 Å². The van der Waals surface area contributed by atoms with Crippen molar-refractivity contribution in [2.75, 3.05) is 19.8 Å². The molecule has 5 N–H and O–H groups in total. The first-order valence-electron chi connectivity index (χ1n) is 6.77. The molecular weight excluding hydrogens is 384 g/mol. The van der Waals surface area contributed by atoms with Gasteiger partial charge >= 0.3 is 5.30 Å². The van der Waals surface area contributed by atoms with E-state index < -0.39 is 21.5 Å². The lowest BCUT2D eigenvalue weighted by Gasteiger charge is -2.10. The van der Waals surface area contributed by atoms with Gasteiger partial charge in [0.2, 0.25) is 5.12 Å². The van der Waals surface area contributed by atoms with Crippen molar-refractivity contribution >= 4 is 51.9 Å². The predicted molar refractivity (Wildman–Crippen MR) is 95.4 cm³/mol. The number of hydrogen-bond acceptors (Lipinski definition) is 9. The highest BCUT2D eigenvalue weighted by Gasteiger charge is 2.19. The summed E-state index contributed by atoms with van der Waals surface area (Å²) in [7, 11) is 0. The van der Waals surface area contributed by atoms with Crippen molar-refractivity contribution < 1.29 is 24.3 Å². The van der Waals surface area contributed by atoms with E-state index in [1.165, 1.54) is 0 Å². The van der Waals surface area contributed by atoms with Crippen LogP contribution >= 0.6 is 36.4 Å². The molecule has 0 aliphatic carbocycles. The van der Waals surface area contributed by atoms with Crippen LogP contribution in [0.2, 0.25) is 0 Å². The van der Waals surface area contributed by atoms with E-state index in [9.17, 15) is 19.7 Å². The standard InChI is InChI=1S/C11H20N4O6S2.ClH/c12-8(4-3-5-14-10(13)22)9(16)23-11(17)20-6-1-2-7-21-15(18)19;/h8H,1-7,12H2,(H3,13,14,22);1H. The van der Waals surface area contributed by atoms with Gasteiger partial charge in [0.15, 0.2) is 5.11 Å². The zero-order chi connectivity index (χ0) is 17.7. The minimum absolute atomic E-state index is 0. The summed E-state index contributed by atoms with van der Waals surface area (Å²) in [5.41, 5.74) is 10.9. The van der Waals surface area contributed by atoms with Crippen molar-refractivity contribution in [1.29, 1.82) is 0 Å². The average molecular weight is 405 g/mol. The van der Waals surface area contributed by atoms with Crippen LogP contribution in [0.4, 0.5) is 4.79 Å². The van der Waals surface area contributed by atoms with Gasteiger partial charge in [-0.2, -0.15) is 0 Å². The Morgan fingerprint density at radius 2 is 1.92 bits per heavy atom. The minimum Gasteiger partial charge on any atom is -0.457 e. The molecule has 24 heavy (non-hydrogen) atoms. The number of halogens is 1. The second-order valence-corrected chi connectivity index (χ2v) is 5.70. The fourth-order valence-corrected chi connectivity index (χ4v) is 2.02. The fourth-order valence-electron chi connectivity index (χ4n) is 1.34. The number of nitrogens with one attached hydrogen (secondary N) is 1. The number of ether oxygens (including phenoxy) is 1. The summed E-state index contributed by atoms with van der Waals surface area (Å²) < 4.78 is 4.80. The van der Waals surface area contributed by atoms with Crippen molar-refractivity contribution in [2.45, 2.75) is 31.7 Å². The largest absolute Gasteiger partial charge is 0.457 e. The lowest BCUT2D eigenvalue weighted by atomic mass is 10.2. The summed E-state index contributed by atoms with van der Waals surface area (Å²) in [5.74, 6) is 0. The number of nitrogens with two attached hydrogens (primary N) is 2. The number of carbonyl (C=O) groups excluding carboxylic acids is 2. The van der Waals surface area contributed by atoms with Gasteiger partial charge in [-0.1, -0.05) is 0 Å². The summed E-state index contributed by atoms with van der Waals surface area (Å²) in [6, 6.07) is -0.783. The molecule has 0 saturated carbocycles.